The predicted molar refractivity (Wildman–Crippen MR) is 124 cm³/mol. The fourth-order valence-electron chi connectivity index (χ4n) is 4.84. The molecule has 0 aromatic rings. The summed E-state index contributed by atoms with van der Waals surface area (Å²) < 4.78 is 5.96. The zero-order valence-electron chi connectivity index (χ0n) is 20.8. The van der Waals surface area contributed by atoms with Crippen molar-refractivity contribution in [3.63, 3.8) is 0 Å². The van der Waals surface area contributed by atoms with Gasteiger partial charge in [-0.25, -0.2) is 0 Å². The Hall–Kier alpha value is -1.13. The van der Waals surface area contributed by atoms with E-state index in [0.717, 1.165) is 36.4 Å². The van der Waals surface area contributed by atoms with E-state index in [2.05, 4.69) is 66.5 Å². The molecule has 0 spiro atoms. The average molecular weight is 420 g/mol. The first-order valence-corrected chi connectivity index (χ1v) is 11.9. The predicted octanol–water partition coefficient (Wildman–Crippen LogP) is 6.76. The summed E-state index contributed by atoms with van der Waals surface area (Å²) in [4.78, 5) is 19.2. The lowest BCUT2D eigenvalue weighted by Gasteiger charge is -2.44. The first-order chi connectivity index (χ1) is 13.9. The highest BCUT2D eigenvalue weighted by atomic mass is 16.7. The molecule has 4 heteroatoms. The molecule has 0 radical (unpaired) electrons. The number of hydrogen-bond acceptors (Lipinski definition) is 4. The van der Waals surface area contributed by atoms with E-state index in [1.165, 1.54) is 32.1 Å². The number of ether oxygens (including phenoxy) is 1. The van der Waals surface area contributed by atoms with Crippen LogP contribution in [0.2, 0.25) is 0 Å². The summed E-state index contributed by atoms with van der Waals surface area (Å²) in [7, 11) is 0. The molecule has 0 saturated heterocycles. The third-order valence-electron chi connectivity index (χ3n) is 5.94. The van der Waals surface area contributed by atoms with Crippen LogP contribution in [0, 0.1) is 5.41 Å². The maximum Gasteiger partial charge on any atom is 0.167 e. The van der Waals surface area contributed by atoms with Crippen LogP contribution in [0.5, 0.6) is 0 Å². The highest BCUT2D eigenvalue weighted by Gasteiger charge is 2.41. The molecule has 0 amide bonds. The second kappa shape index (κ2) is 9.99. The highest BCUT2D eigenvalue weighted by molar-refractivity contribution is 6.02. The normalized spacial score (nSPS) is 20.8. The van der Waals surface area contributed by atoms with E-state index in [9.17, 15) is 4.79 Å². The lowest BCUT2D eigenvalue weighted by Crippen LogP contribution is -2.53. The molecular formula is C26H45NO3. The van der Waals surface area contributed by atoms with Crippen LogP contribution < -0.4 is 0 Å². The maximum atomic E-state index is 12.8. The summed E-state index contributed by atoms with van der Waals surface area (Å²) in [5.41, 5.74) is 1.32. The molecule has 0 aromatic heterocycles. The van der Waals surface area contributed by atoms with Gasteiger partial charge >= 0.3 is 0 Å². The fourth-order valence-corrected chi connectivity index (χ4v) is 4.84. The molecule has 4 nitrogen and oxygen atoms in total. The minimum absolute atomic E-state index is 0.0153. The summed E-state index contributed by atoms with van der Waals surface area (Å²) in [6.07, 6.45) is 11.1. The van der Waals surface area contributed by atoms with Crippen molar-refractivity contribution in [2.24, 2.45) is 5.41 Å². The number of carbonyl (C=O) groups excluding carboxylic acids is 1. The van der Waals surface area contributed by atoms with Gasteiger partial charge < -0.3 is 4.74 Å². The Morgan fingerprint density at radius 1 is 1.03 bits per heavy atom. The van der Waals surface area contributed by atoms with E-state index < -0.39 is 0 Å². The average Bonchev–Trinajstić information content (AvgIpc) is 2.96. The summed E-state index contributed by atoms with van der Waals surface area (Å²) in [5, 5.41) is 2.11. The Morgan fingerprint density at radius 3 is 2.30 bits per heavy atom. The molecular weight excluding hydrogens is 374 g/mol. The summed E-state index contributed by atoms with van der Waals surface area (Å²) in [6, 6.07) is 0. The highest BCUT2D eigenvalue weighted by Crippen LogP contribution is 2.43. The molecule has 0 fully saturated rings. The van der Waals surface area contributed by atoms with Crippen molar-refractivity contribution in [2.75, 3.05) is 13.2 Å². The van der Waals surface area contributed by atoms with E-state index in [-0.39, 0.29) is 22.3 Å². The molecule has 1 heterocycles. The second-order valence-corrected chi connectivity index (χ2v) is 11.4. The van der Waals surface area contributed by atoms with Gasteiger partial charge in [0.15, 0.2) is 5.78 Å². The standard InChI is InChI=1S/C26H45NO3/c1-9-10-11-12-13-14-15-30-27(24(2,3)4)26(7,8)16-20-19-29-22-18-25(5,6)17-21(28)23(20)22/h16H,9-15,17-19H2,1-8H3/b20-16+. The monoisotopic (exact) mass is 419 g/mol. The van der Waals surface area contributed by atoms with Crippen LogP contribution in [0.15, 0.2) is 23.0 Å². The van der Waals surface area contributed by atoms with Gasteiger partial charge in [0.25, 0.3) is 0 Å². The van der Waals surface area contributed by atoms with E-state index in [1.807, 2.05) is 0 Å². The van der Waals surface area contributed by atoms with Gasteiger partial charge in [0.05, 0.1) is 17.7 Å². The molecule has 0 saturated carbocycles. The quantitative estimate of drug-likeness (QED) is 0.290. The second-order valence-electron chi connectivity index (χ2n) is 11.4. The van der Waals surface area contributed by atoms with Crippen molar-refractivity contribution < 1.29 is 14.4 Å². The number of nitrogens with zero attached hydrogens (tertiary/aromatic N) is 1. The number of carbonyl (C=O) groups is 1. The van der Waals surface area contributed by atoms with Crippen LogP contribution in [0.4, 0.5) is 0 Å². The van der Waals surface area contributed by atoms with Crippen molar-refractivity contribution >= 4 is 5.78 Å². The van der Waals surface area contributed by atoms with Gasteiger partial charge in [0.2, 0.25) is 0 Å². The minimum atomic E-state index is -0.352. The molecule has 172 valence electrons. The number of ketones is 1. The SMILES string of the molecule is CCCCCCCCON(C(C)(C)C)C(C)(C)/C=C1\COC2=C1C(=O)CC(C)(C)C2. The van der Waals surface area contributed by atoms with Crippen LogP contribution in [-0.4, -0.2) is 35.1 Å². The number of rotatable bonds is 10. The summed E-state index contributed by atoms with van der Waals surface area (Å²) in [6.45, 7) is 18.6. The first-order valence-electron chi connectivity index (χ1n) is 11.9. The first kappa shape index (κ1) is 25.1. The van der Waals surface area contributed by atoms with Gasteiger partial charge in [-0.1, -0.05) is 59.0 Å². The van der Waals surface area contributed by atoms with E-state index >= 15 is 0 Å². The number of allylic oxidation sites excluding steroid dienone is 1. The number of Topliss-reactive ketones (excluding diaryl/α,β-unsaturated/α-hetero) is 1. The van der Waals surface area contributed by atoms with Crippen LogP contribution in [0.3, 0.4) is 0 Å². The van der Waals surface area contributed by atoms with Crippen molar-refractivity contribution in [2.45, 2.75) is 118 Å². The zero-order valence-corrected chi connectivity index (χ0v) is 20.8. The molecule has 30 heavy (non-hydrogen) atoms. The summed E-state index contributed by atoms with van der Waals surface area (Å²) in [5.74, 6) is 1.10. The van der Waals surface area contributed by atoms with E-state index in [0.29, 0.717) is 13.0 Å². The van der Waals surface area contributed by atoms with Gasteiger partial charge in [-0.15, -0.1) is 0 Å². The van der Waals surface area contributed by atoms with Gasteiger partial charge in [-0.3, -0.25) is 9.63 Å². The lowest BCUT2D eigenvalue weighted by atomic mass is 9.75. The largest absolute Gasteiger partial charge is 0.492 e. The Morgan fingerprint density at radius 2 is 1.67 bits per heavy atom. The molecule has 1 aliphatic carbocycles. The molecule has 1 aliphatic heterocycles. The fraction of sp³-hybridized carbons (Fsp3) is 0.808. The van der Waals surface area contributed by atoms with Crippen LogP contribution in [0.1, 0.15) is 107 Å². The third kappa shape index (κ3) is 6.68. The maximum absolute atomic E-state index is 12.8. The van der Waals surface area contributed by atoms with Gasteiger partial charge in [-0.2, -0.15) is 5.06 Å². The third-order valence-corrected chi connectivity index (χ3v) is 5.94. The molecule has 0 unspecified atom stereocenters. The van der Waals surface area contributed by atoms with Crippen LogP contribution in [0.25, 0.3) is 0 Å². The minimum Gasteiger partial charge on any atom is -0.492 e. The van der Waals surface area contributed by atoms with Crippen molar-refractivity contribution in [1.82, 2.24) is 5.06 Å². The lowest BCUT2D eigenvalue weighted by molar-refractivity contribution is -0.250. The number of hydrogen-bond donors (Lipinski definition) is 0. The van der Waals surface area contributed by atoms with Crippen molar-refractivity contribution in [3.05, 3.63) is 23.0 Å². The number of hydroxylamine groups is 2. The Balaban J connectivity index is 2.09. The van der Waals surface area contributed by atoms with Crippen molar-refractivity contribution in [1.29, 1.82) is 0 Å². The molecule has 2 rings (SSSR count). The topological polar surface area (TPSA) is 38.8 Å². The van der Waals surface area contributed by atoms with Gasteiger partial charge in [0.1, 0.15) is 12.4 Å². The van der Waals surface area contributed by atoms with E-state index in [4.69, 9.17) is 9.57 Å². The molecule has 2 aliphatic rings. The number of unbranched alkanes of at least 4 members (excludes halogenated alkanes) is 5. The molecule has 0 atom stereocenters. The Bertz CT molecular complexity index is 664. The van der Waals surface area contributed by atoms with Crippen LogP contribution in [-0.2, 0) is 14.4 Å². The van der Waals surface area contributed by atoms with Crippen molar-refractivity contribution in [3.8, 4) is 0 Å². The Kier molecular flexibility index (Phi) is 8.37. The van der Waals surface area contributed by atoms with E-state index in [1.54, 1.807) is 0 Å². The summed E-state index contributed by atoms with van der Waals surface area (Å²) >= 11 is 0. The van der Waals surface area contributed by atoms with Gasteiger partial charge in [-0.05, 0) is 46.5 Å². The molecule has 0 bridgehead atoms. The molecule has 0 aromatic carbocycles. The smallest absolute Gasteiger partial charge is 0.167 e. The van der Waals surface area contributed by atoms with Gasteiger partial charge in [0, 0.05) is 24.0 Å². The molecule has 0 N–H and O–H groups in total. The Labute approximate surface area is 185 Å². The van der Waals surface area contributed by atoms with Crippen LogP contribution >= 0.6 is 0 Å². The zero-order chi connectivity index (χ0) is 22.6.